The third-order valence-corrected chi connectivity index (χ3v) is 3.06. The Hall–Kier alpha value is -2.02. The summed E-state index contributed by atoms with van der Waals surface area (Å²) in [6.45, 7) is 9.13. The molecule has 0 bridgehead atoms. The van der Waals surface area contributed by atoms with Crippen molar-refractivity contribution in [2.75, 3.05) is 11.9 Å². The summed E-state index contributed by atoms with van der Waals surface area (Å²) in [5.41, 5.74) is 6.04. The molecular formula is C17H19N. The first kappa shape index (κ1) is 12.4. The molecule has 0 amide bonds. The van der Waals surface area contributed by atoms with Crippen LogP contribution in [0.25, 0.3) is 5.57 Å². The summed E-state index contributed by atoms with van der Waals surface area (Å²) in [6.07, 6.45) is 0. The second-order valence-corrected chi connectivity index (χ2v) is 4.64. The average Bonchev–Trinajstić information content (AvgIpc) is 2.38. The predicted molar refractivity (Wildman–Crippen MR) is 79.9 cm³/mol. The van der Waals surface area contributed by atoms with Crippen molar-refractivity contribution in [3.63, 3.8) is 0 Å². The molecule has 0 heterocycles. The van der Waals surface area contributed by atoms with E-state index in [0.29, 0.717) is 0 Å². The molecule has 18 heavy (non-hydrogen) atoms. The Morgan fingerprint density at radius 3 is 2.44 bits per heavy atom. The molecule has 0 aliphatic carbocycles. The quantitative estimate of drug-likeness (QED) is 0.829. The number of aryl methyl sites for hydroxylation is 2. The van der Waals surface area contributed by atoms with E-state index in [1.54, 1.807) is 0 Å². The molecule has 0 saturated heterocycles. The predicted octanol–water partition coefficient (Wildman–Crippen LogP) is 4.43. The zero-order valence-corrected chi connectivity index (χ0v) is 11.0. The highest BCUT2D eigenvalue weighted by Gasteiger charge is 2.00. The van der Waals surface area contributed by atoms with Gasteiger partial charge in [0.1, 0.15) is 0 Å². The Balaban J connectivity index is 2.02. The molecule has 0 saturated carbocycles. The molecule has 92 valence electrons. The van der Waals surface area contributed by atoms with Crippen molar-refractivity contribution in [3.8, 4) is 0 Å². The maximum atomic E-state index is 4.12. The van der Waals surface area contributed by atoms with Crippen molar-refractivity contribution in [1.82, 2.24) is 0 Å². The topological polar surface area (TPSA) is 12.0 Å². The van der Waals surface area contributed by atoms with Gasteiger partial charge < -0.3 is 5.32 Å². The molecular weight excluding hydrogens is 218 g/mol. The van der Waals surface area contributed by atoms with E-state index in [2.05, 4.69) is 56.1 Å². The molecule has 2 aromatic rings. The van der Waals surface area contributed by atoms with Gasteiger partial charge in [-0.3, -0.25) is 0 Å². The number of hydrogen-bond acceptors (Lipinski definition) is 1. The lowest BCUT2D eigenvalue weighted by Crippen LogP contribution is -2.04. The number of nitrogens with one attached hydrogen (secondary N) is 1. The lowest BCUT2D eigenvalue weighted by Gasteiger charge is -2.12. The van der Waals surface area contributed by atoms with E-state index in [4.69, 9.17) is 0 Å². The van der Waals surface area contributed by atoms with E-state index in [0.717, 1.165) is 12.1 Å². The summed E-state index contributed by atoms with van der Waals surface area (Å²) < 4.78 is 0. The van der Waals surface area contributed by atoms with Gasteiger partial charge in [0.15, 0.2) is 0 Å². The van der Waals surface area contributed by atoms with Crippen LogP contribution in [0.1, 0.15) is 16.7 Å². The van der Waals surface area contributed by atoms with Crippen LogP contribution in [0.5, 0.6) is 0 Å². The Morgan fingerprint density at radius 1 is 1.06 bits per heavy atom. The van der Waals surface area contributed by atoms with E-state index in [1.165, 1.54) is 22.4 Å². The number of anilines is 1. The van der Waals surface area contributed by atoms with Crippen LogP contribution in [0.2, 0.25) is 0 Å². The smallest absolute Gasteiger partial charge is 0.0400 e. The van der Waals surface area contributed by atoms with E-state index < -0.39 is 0 Å². The fourth-order valence-electron chi connectivity index (χ4n) is 1.99. The monoisotopic (exact) mass is 237 g/mol. The highest BCUT2D eigenvalue weighted by Crippen LogP contribution is 2.18. The molecule has 0 aliphatic rings. The van der Waals surface area contributed by atoms with Gasteiger partial charge in [0.2, 0.25) is 0 Å². The Morgan fingerprint density at radius 2 is 1.78 bits per heavy atom. The maximum Gasteiger partial charge on any atom is 0.0400 e. The minimum absolute atomic E-state index is 0.772. The molecule has 0 radical (unpaired) electrons. The molecule has 0 fully saturated rings. The highest BCUT2D eigenvalue weighted by atomic mass is 14.9. The SMILES string of the molecule is C=C(CNc1ccc(C)cc1C)c1ccccc1. The van der Waals surface area contributed by atoms with E-state index >= 15 is 0 Å². The van der Waals surface area contributed by atoms with Crippen LogP contribution in [0.4, 0.5) is 5.69 Å². The van der Waals surface area contributed by atoms with Gasteiger partial charge >= 0.3 is 0 Å². The van der Waals surface area contributed by atoms with Gasteiger partial charge in [0, 0.05) is 12.2 Å². The van der Waals surface area contributed by atoms with Crippen LogP contribution in [-0.2, 0) is 0 Å². The third-order valence-electron chi connectivity index (χ3n) is 3.06. The largest absolute Gasteiger partial charge is 0.381 e. The Labute approximate surface area is 109 Å². The molecule has 2 aromatic carbocycles. The average molecular weight is 237 g/mol. The van der Waals surface area contributed by atoms with Gasteiger partial charge in [-0.15, -0.1) is 0 Å². The van der Waals surface area contributed by atoms with Crippen molar-refractivity contribution in [2.45, 2.75) is 13.8 Å². The van der Waals surface area contributed by atoms with Crippen molar-refractivity contribution in [3.05, 3.63) is 71.8 Å². The molecule has 1 N–H and O–H groups in total. The molecule has 1 nitrogen and oxygen atoms in total. The molecule has 0 aliphatic heterocycles. The fourth-order valence-corrected chi connectivity index (χ4v) is 1.99. The Kier molecular flexibility index (Phi) is 3.83. The van der Waals surface area contributed by atoms with Crippen LogP contribution in [-0.4, -0.2) is 6.54 Å². The van der Waals surface area contributed by atoms with Crippen LogP contribution in [0, 0.1) is 13.8 Å². The normalized spacial score (nSPS) is 10.1. The van der Waals surface area contributed by atoms with Crippen molar-refractivity contribution < 1.29 is 0 Å². The zero-order chi connectivity index (χ0) is 13.0. The van der Waals surface area contributed by atoms with Gasteiger partial charge in [0.25, 0.3) is 0 Å². The highest BCUT2D eigenvalue weighted by molar-refractivity contribution is 5.68. The standard InChI is InChI=1S/C17H19N/c1-13-9-10-17(14(2)11-13)18-12-15(3)16-7-5-4-6-8-16/h4-11,18H,3,12H2,1-2H3. The summed E-state index contributed by atoms with van der Waals surface area (Å²) in [5, 5.41) is 3.44. The third kappa shape index (κ3) is 3.01. The van der Waals surface area contributed by atoms with Crippen LogP contribution in [0.15, 0.2) is 55.1 Å². The number of rotatable bonds is 4. The first-order chi connectivity index (χ1) is 8.66. The second kappa shape index (κ2) is 5.54. The molecule has 0 atom stereocenters. The van der Waals surface area contributed by atoms with Crippen molar-refractivity contribution in [1.29, 1.82) is 0 Å². The summed E-state index contributed by atoms with van der Waals surface area (Å²) in [5.74, 6) is 0. The Bertz CT molecular complexity index is 541. The zero-order valence-electron chi connectivity index (χ0n) is 11.0. The molecule has 0 unspecified atom stereocenters. The number of benzene rings is 2. The van der Waals surface area contributed by atoms with Gasteiger partial charge in [-0.25, -0.2) is 0 Å². The summed E-state index contributed by atoms with van der Waals surface area (Å²) >= 11 is 0. The van der Waals surface area contributed by atoms with Gasteiger partial charge in [0.05, 0.1) is 0 Å². The summed E-state index contributed by atoms with van der Waals surface area (Å²) in [4.78, 5) is 0. The van der Waals surface area contributed by atoms with Crippen molar-refractivity contribution in [2.24, 2.45) is 0 Å². The van der Waals surface area contributed by atoms with Gasteiger partial charge in [-0.1, -0.05) is 54.6 Å². The van der Waals surface area contributed by atoms with Crippen molar-refractivity contribution >= 4 is 11.3 Å². The lowest BCUT2D eigenvalue weighted by atomic mass is 10.1. The first-order valence-corrected chi connectivity index (χ1v) is 6.21. The number of hydrogen-bond donors (Lipinski definition) is 1. The maximum absolute atomic E-state index is 4.12. The van der Waals surface area contributed by atoms with E-state index in [-0.39, 0.29) is 0 Å². The fraction of sp³-hybridized carbons (Fsp3) is 0.176. The van der Waals surface area contributed by atoms with Gasteiger partial charge in [-0.05, 0) is 36.6 Å². The summed E-state index contributed by atoms with van der Waals surface area (Å²) in [7, 11) is 0. The van der Waals surface area contributed by atoms with E-state index in [1.807, 2.05) is 18.2 Å². The minimum Gasteiger partial charge on any atom is -0.381 e. The second-order valence-electron chi connectivity index (χ2n) is 4.64. The lowest BCUT2D eigenvalue weighted by molar-refractivity contribution is 1.29. The first-order valence-electron chi connectivity index (χ1n) is 6.21. The summed E-state index contributed by atoms with van der Waals surface area (Å²) in [6, 6.07) is 16.7. The van der Waals surface area contributed by atoms with Crippen LogP contribution >= 0.6 is 0 Å². The molecule has 1 heteroatoms. The van der Waals surface area contributed by atoms with Gasteiger partial charge in [-0.2, -0.15) is 0 Å². The van der Waals surface area contributed by atoms with Crippen LogP contribution in [0.3, 0.4) is 0 Å². The molecule has 0 aromatic heterocycles. The van der Waals surface area contributed by atoms with E-state index in [9.17, 15) is 0 Å². The molecule has 2 rings (SSSR count). The van der Waals surface area contributed by atoms with Crippen LogP contribution < -0.4 is 5.32 Å². The minimum atomic E-state index is 0.772. The molecule has 0 spiro atoms.